The predicted molar refractivity (Wildman–Crippen MR) is 83.4 cm³/mol. The zero-order valence-electron chi connectivity index (χ0n) is 12.4. The smallest absolute Gasteiger partial charge is 0.287 e. The van der Waals surface area contributed by atoms with Gasteiger partial charge in [-0.3, -0.25) is 4.79 Å². The molecule has 5 heteroatoms. The number of aromatic nitrogens is 2. The van der Waals surface area contributed by atoms with Gasteiger partial charge in [0.05, 0.1) is 11.9 Å². The summed E-state index contributed by atoms with van der Waals surface area (Å²) < 4.78 is 1.44. The van der Waals surface area contributed by atoms with Gasteiger partial charge >= 0.3 is 0 Å². The Balaban J connectivity index is 1.94. The molecule has 1 heterocycles. The topological polar surface area (TPSA) is 46.9 Å². The van der Waals surface area contributed by atoms with Crippen LogP contribution in [0.25, 0.3) is 0 Å². The molecule has 0 unspecified atom stereocenters. The van der Waals surface area contributed by atoms with Gasteiger partial charge in [-0.25, -0.2) is 4.68 Å². The molecule has 0 bridgehead atoms. The molecule has 1 N–H and O–H groups in total. The highest BCUT2D eigenvalue weighted by Crippen LogP contribution is 2.27. The van der Waals surface area contributed by atoms with Crippen LogP contribution < -0.4 is 10.9 Å². The molecule has 1 fully saturated rings. The number of halogens is 1. The fraction of sp³-hybridized carbons (Fsp3) is 0.733. The van der Waals surface area contributed by atoms with Crippen molar-refractivity contribution in [2.75, 3.05) is 11.9 Å². The Morgan fingerprint density at radius 3 is 2.80 bits per heavy atom. The highest BCUT2D eigenvalue weighted by atomic mass is 35.5. The summed E-state index contributed by atoms with van der Waals surface area (Å²) in [5.74, 6) is 1.20. The van der Waals surface area contributed by atoms with E-state index in [0.29, 0.717) is 18.2 Å². The van der Waals surface area contributed by atoms with Crippen molar-refractivity contribution in [2.24, 2.45) is 11.8 Å². The average Bonchev–Trinajstić information content (AvgIpc) is 2.90. The van der Waals surface area contributed by atoms with Crippen molar-refractivity contribution in [1.82, 2.24) is 9.78 Å². The van der Waals surface area contributed by atoms with Gasteiger partial charge in [0.15, 0.2) is 0 Å². The second kappa shape index (κ2) is 7.11. The molecule has 4 nitrogen and oxygen atoms in total. The number of rotatable bonds is 6. The van der Waals surface area contributed by atoms with Gasteiger partial charge in [0.25, 0.3) is 5.56 Å². The lowest BCUT2D eigenvalue weighted by Gasteiger charge is -2.13. The van der Waals surface area contributed by atoms with Crippen LogP contribution in [0.1, 0.15) is 46.0 Å². The maximum atomic E-state index is 12.1. The molecule has 2 rings (SSSR count). The average molecular weight is 298 g/mol. The van der Waals surface area contributed by atoms with Crippen molar-refractivity contribution < 1.29 is 0 Å². The number of hydrogen-bond acceptors (Lipinski definition) is 3. The number of hydrogen-bond donors (Lipinski definition) is 1. The van der Waals surface area contributed by atoms with Gasteiger partial charge in [-0.05, 0) is 18.3 Å². The third-order valence-electron chi connectivity index (χ3n) is 3.87. The summed E-state index contributed by atoms with van der Waals surface area (Å²) in [6, 6.07) is 0. The van der Waals surface area contributed by atoms with Gasteiger partial charge in [0.2, 0.25) is 0 Å². The van der Waals surface area contributed by atoms with E-state index in [1.165, 1.54) is 30.4 Å². The van der Waals surface area contributed by atoms with Crippen LogP contribution in [0.15, 0.2) is 11.0 Å². The number of nitrogens with zero attached hydrogens (tertiary/aromatic N) is 2. The third kappa shape index (κ3) is 3.98. The molecule has 0 saturated heterocycles. The highest BCUT2D eigenvalue weighted by molar-refractivity contribution is 6.32. The van der Waals surface area contributed by atoms with Crippen LogP contribution in [0.2, 0.25) is 5.02 Å². The van der Waals surface area contributed by atoms with E-state index in [2.05, 4.69) is 24.3 Å². The normalized spacial score (nSPS) is 16.0. The molecule has 1 aliphatic rings. The standard InChI is InChI=1S/C15H24ClN3O/c1-11(2)10-19-15(20)14(16)13(9-18-19)17-8-7-12-5-3-4-6-12/h9,11-12,17H,3-8,10H2,1-2H3. The summed E-state index contributed by atoms with van der Waals surface area (Å²) in [5.41, 5.74) is 0.459. The first-order valence-corrected chi connectivity index (χ1v) is 7.95. The Morgan fingerprint density at radius 2 is 2.15 bits per heavy atom. The molecule has 1 aromatic heterocycles. The predicted octanol–water partition coefficient (Wildman–Crippen LogP) is 3.54. The Hall–Kier alpha value is -1.03. The number of nitrogens with one attached hydrogen (secondary N) is 1. The Bertz CT molecular complexity index is 492. The van der Waals surface area contributed by atoms with Crippen molar-refractivity contribution in [2.45, 2.75) is 52.5 Å². The first kappa shape index (κ1) is 15.4. The minimum atomic E-state index is -0.203. The lowest BCUT2D eigenvalue weighted by Crippen LogP contribution is -2.26. The van der Waals surface area contributed by atoms with Crippen LogP contribution in [0.4, 0.5) is 5.69 Å². The Morgan fingerprint density at radius 1 is 1.45 bits per heavy atom. The molecule has 1 aromatic rings. The van der Waals surface area contributed by atoms with Crippen molar-refractivity contribution in [3.05, 3.63) is 21.6 Å². The van der Waals surface area contributed by atoms with Crippen LogP contribution in [0, 0.1) is 11.8 Å². The second-order valence-electron chi connectivity index (χ2n) is 6.12. The molecule has 0 amide bonds. The minimum Gasteiger partial charge on any atom is -0.382 e. The molecule has 112 valence electrons. The van der Waals surface area contributed by atoms with E-state index in [1.807, 2.05) is 0 Å². The first-order valence-electron chi connectivity index (χ1n) is 7.57. The zero-order chi connectivity index (χ0) is 14.5. The van der Waals surface area contributed by atoms with E-state index in [-0.39, 0.29) is 10.6 Å². The summed E-state index contributed by atoms with van der Waals surface area (Å²) in [6.07, 6.45) is 8.20. The maximum absolute atomic E-state index is 12.1. The monoisotopic (exact) mass is 297 g/mol. The molecular weight excluding hydrogens is 274 g/mol. The zero-order valence-corrected chi connectivity index (χ0v) is 13.1. The van der Waals surface area contributed by atoms with Crippen molar-refractivity contribution >= 4 is 17.3 Å². The Kier molecular flexibility index (Phi) is 5.46. The molecule has 0 aromatic carbocycles. The van der Waals surface area contributed by atoms with E-state index >= 15 is 0 Å². The van der Waals surface area contributed by atoms with Gasteiger partial charge in [-0.1, -0.05) is 51.1 Å². The molecular formula is C15H24ClN3O. The summed E-state index contributed by atoms with van der Waals surface area (Å²) in [6.45, 7) is 5.56. The quantitative estimate of drug-likeness (QED) is 0.873. The van der Waals surface area contributed by atoms with Gasteiger partial charge in [-0.2, -0.15) is 5.10 Å². The molecule has 20 heavy (non-hydrogen) atoms. The van der Waals surface area contributed by atoms with E-state index < -0.39 is 0 Å². The molecule has 0 atom stereocenters. The van der Waals surface area contributed by atoms with Crippen LogP contribution in [-0.4, -0.2) is 16.3 Å². The Labute approximate surface area is 125 Å². The lowest BCUT2D eigenvalue weighted by atomic mass is 10.0. The molecule has 1 aliphatic carbocycles. The van der Waals surface area contributed by atoms with Gasteiger partial charge < -0.3 is 5.32 Å². The van der Waals surface area contributed by atoms with Crippen LogP contribution in [-0.2, 0) is 6.54 Å². The van der Waals surface area contributed by atoms with Crippen LogP contribution in [0.3, 0.4) is 0 Å². The van der Waals surface area contributed by atoms with E-state index in [0.717, 1.165) is 18.9 Å². The van der Waals surface area contributed by atoms with E-state index in [9.17, 15) is 4.79 Å². The third-order valence-corrected chi connectivity index (χ3v) is 4.23. The van der Waals surface area contributed by atoms with Crippen molar-refractivity contribution in [1.29, 1.82) is 0 Å². The SMILES string of the molecule is CC(C)Cn1ncc(NCCC2CCCC2)c(Cl)c1=O. The van der Waals surface area contributed by atoms with Crippen LogP contribution >= 0.6 is 11.6 Å². The lowest BCUT2D eigenvalue weighted by molar-refractivity contribution is 0.464. The summed E-state index contributed by atoms with van der Waals surface area (Å²) >= 11 is 6.14. The summed E-state index contributed by atoms with van der Waals surface area (Å²) in [5, 5.41) is 7.70. The number of anilines is 1. The fourth-order valence-electron chi connectivity index (χ4n) is 2.77. The van der Waals surface area contributed by atoms with E-state index in [1.54, 1.807) is 6.20 Å². The summed E-state index contributed by atoms with van der Waals surface area (Å²) in [7, 11) is 0. The first-order chi connectivity index (χ1) is 9.58. The van der Waals surface area contributed by atoms with Crippen molar-refractivity contribution in [3.63, 3.8) is 0 Å². The van der Waals surface area contributed by atoms with E-state index in [4.69, 9.17) is 11.6 Å². The fourth-order valence-corrected chi connectivity index (χ4v) is 2.99. The molecule has 0 radical (unpaired) electrons. The molecule has 0 spiro atoms. The summed E-state index contributed by atoms with van der Waals surface area (Å²) in [4.78, 5) is 12.1. The highest BCUT2D eigenvalue weighted by Gasteiger charge is 2.15. The van der Waals surface area contributed by atoms with Gasteiger partial charge in [0.1, 0.15) is 5.02 Å². The molecule has 0 aliphatic heterocycles. The minimum absolute atomic E-state index is 0.203. The largest absolute Gasteiger partial charge is 0.382 e. The maximum Gasteiger partial charge on any atom is 0.287 e. The van der Waals surface area contributed by atoms with Gasteiger partial charge in [0, 0.05) is 13.1 Å². The molecule has 1 saturated carbocycles. The van der Waals surface area contributed by atoms with Crippen molar-refractivity contribution in [3.8, 4) is 0 Å². The van der Waals surface area contributed by atoms with Gasteiger partial charge in [-0.15, -0.1) is 0 Å². The second-order valence-corrected chi connectivity index (χ2v) is 6.50. The van der Waals surface area contributed by atoms with Crippen LogP contribution in [0.5, 0.6) is 0 Å².